The van der Waals surface area contributed by atoms with Gasteiger partial charge in [0.2, 0.25) is 0 Å². The summed E-state index contributed by atoms with van der Waals surface area (Å²) in [5.74, 6) is 0. The molecule has 1 nitrogen and oxygen atoms in total. The van der Waals surface area contributed by atoms with E-state index in [4.69, 9.17) is 12.2 Å². The van der Waals surface area contributed by atoms with E-state index in [0.717, 1.165) is 11.1 Å². The molecule has 2 heteroatoms. The van der Waals surface area contributed by atoms with Crippen LogP contribution >= 0.6 is 12.2 Å². The fourth-order valence-electron chi connectivity index (χ4n) is 1.01. The largest absolute Gasteiger partial charge is 0.350 e. The molecule has 0 aliphatic heterocycles. The maximum Gasteiger partial charge on any atom is 0.103 e. The number of aromatic nitrogens is 1. The van der Waals surface area contributed by atoms with E-state index in [1.54, 1.807) is 0 Å². The number of nitrogens with one attached hydrogen (secondary N) is 1. The normalized spacial score (nSPS) is 9.91. The Balaban J connectivity index is 2.64. The number of aryl methyl sites for hydroxylation is 1. The molecule has 0 spiro atoms. The van der Waals surface area contributed by atoms with Gasteiger partial charge in [0.1, 0.15) is 4.64 Å². The molecule has 60 valence electrons. The first-order chi connectivity index (χ1) is 5.33. The molecule has 0 bridgehead atoms. The molecule has 1 aromatic rings. The van der Waals surface area contributed by atoms with Crippen LogP contribution in [0.1, 0.15) is 25.5 Å². The monoisotopic (exact) mass is 167 g/mol. The van der Waals surface area contributed by atoms with E-state index in [1.807, 2.05) is 12.1 Å². The molecule has 1 N–H and O–H groups in total. The van der Waals surface area contributed by atoms with Gasteiger partial charge in [0.05, 0.1) is 0 Å². The van der Waals surface area contributed by atoms with Gasteiger partial charge in [0, 0.05) is 5.69 Å². The minimum Gasteiger partial charge on any atom is -0.350 e. The van der Waals surface area contributed by atoms with E-state index < -0.39 is 0 Å². The molecule has 0 unspecified atom stereocenters. The molecule has 0 saturated heterocycles. The van der Waals surface area contributed by atoms with Crippen LogP contribution in [-0.2, 0) is 6.42 Å². The second-order valence-corrected chi connectivity index (χ2v) is 3.08. The van der Waals surface area contributed by atoms with Crippen molar-refractivity contribution in [2.24, 2.45) is 0 Å². The third kappa shape index (κ3) is 2.85. The van der Waals surface area contributed by atoms with Crippen molar-refractivity contribution in [2.45, 2.75) is 26.2 Å². The van der Waals surface area contributed by atoms with E-state index >= 15 is 0 Å². The van der Waals surface area contributed by atoms with Gasteiger partial charge in [-0.15, -0.1) is 0 Å². The average molecular weight is 167 g/mol. The fourth-order valence-corrected chi connectivity index (χ4v) is 1.22. The molecule has 1 heterocycles. The Morgan fingerprint density at radius 3 is 2.91 bits per heavy atom. The van der Waals surface area contributed by atoms with Crippen LogP contribution in [0.15, 0.2) is 18.2 Å². The highest BCUT2D eigenvalue weighted by atomic mass is 32.1. The minimum atomic E-state index is 0.832. The maximum atomic E-state index is 4.99. The van der Waals surface area contributed by atoms with E-state index in [-0.39, 0.29) is 0 Å². The van der Waals surface area contributed by atoms with Crippen molar-refractivity contribution in [2.75, 3.05) is 0 Å². The third-order valence-electron chi connectivity index (χ3n) is 1.63. The van der Waals surface area contributed by atoms with Crippen LogP contribution in [0.5, 0.6) is 0 Å². The van der Waals surface area contributed by atoms with Crippen LogP contribution < -0.4 is 0 Å². The standard InChI is InChI=1S/C9H13NS/c1-2-3-5-8-6-4-7-9(11)10-8/h4,6-7H,2-3,5H2,1H3,(H,10,11). The van der Waals surface area contributed by atoms with Crippen LogP contribution in [0.3, 0.4) is 0 Å². The highest BCUT2D eigenvalue weighted by Crippen LogP contribution is 2.00. The molecule has 11 heavy (non-hydrogen) atoms. The number of pyridine rings is 1. The van der Waals surface area contributed by atoms with Crippen molar-refractivity contribution < 1.29 is 0 Å². The zero-order chi connectivity index (χ0) is 8.10. The zero-order valence-corrected chi connectivity index (χ0v) is 7.58. The summed E-state index contributed by atoms with van der Waals surface area (Å²) in [4.78, 5) is 3.16. The van der Waals surface area contributed by atoms with Gasteiger partial charge in [-0.25, -0.2) is 0 Å². The second-order valence-electron chi connectivity index (χ2n) is 2.64. The Hall–Kier alpha value is -0.630. The molecule has 0 atom stereocenters. The lowest BCUT2D eigenvalue weighted by Crippen LogP contribution is -1.88. The Morgan fingerprint density at radius 2 is 2.27 bits per heavy atom. The summed E-state index contributed by atoms with van der Waals surface area (Å²) in [6.07, 6.45) is 3.58. The summed E-state index contributed by atoms with van der Waals surface area (Å²) in [5, 5.41) is 0. The number of rotatable bonds is 3. The highest BCUT2D eigenvalue weighted by Gasteiger charge is 1.89. The molecule has 0 fully saturated rings. The van der Waals surface area contributed by atoms with Crippen molar-refractivity contribution >= 4 is 12.2 Å². The van der Waals surface area contributed by atoms with Gasteiger partial charge in [0.25, 0.3) is 0 Å². The van der Waals surface area contributed by atoms with Crippen LogP contribution in [0, 0.1) is 4.64 Å². The molecular weight excluding hydrogens is 154 g/mol. The Morgan fingerprint density at radius 1 is 1.45 bits per heavy atom. The number of unbranched alkanes of at least 4 members (excludes halogenated alkanes) is 1. The number of hydrogen-bond donors (Lipinski definition) is 1. The van der Waals surface area contributed by atoms with Crippen molar-refractivity contribution in [1.29, 1.82) is 0 Å². The highest BCUT2D eigenvalue weighted by molar-refractivity contribution is 7.71. The summed E-state index contributed by atoms with van der Waals surface area (Å²) < 4.78 is 0.832. The van der Waals surface area contributed by atoms with Gasteiger partial charge < -0.3 is 4.98 Å². The first kappa shape index (κ1) is 8.47. The third-order valence-corrected chi connectivity index (χ3v) is 1.87. The predicted molar refractivity (Wildman–Crippen MR) is 50.2 cm³/mol. The SMILES string of the molecule is CCCCc1cccc(=S)[nH]1. The first-order valence-corrected chi connectivity index (χ1v) is 4.42. The Kier molecular flexibility index (Phi) is 3.30. The van der Waals surface area contributed by atoms with Crippen LogP contribution in [0.25, 0.3) is 0 Å². The fraction of sp³-hybridized carbons (Fsp3) is 0.444. The summed E-state index contributed by atoms with van der Waals surface area (Å²) in [6, 6.07) is 6.00. The lowest BCUT2D eigenvalue weighted by Gasteiger charge is -1.98. The Labute approximate surface area is 72.5 Å². The van der Waals surface area contributed by atoms with Crippen LogP contribution in [0.2, 0.25) is 0 Å². The molecule has 0 radical (unpaired) electrons. The molecule has 1 rings (SSSR count). The molecular formula is C9H13NS. The van der Waals surface area contributed by atoms with Crippen molar-refractivity contribution in [1.82, 2.24) is 4.98 Å². The summed E-state index contributed by atoms with van der Waals surface area (Å²) >= 11 is 4.99. The lowest BCUT2D eigenvalue weighted by molar-refractivity contribution is 0.776. The predicted octanol–water partition coefficient (Wildman–Crippen LogP) is 3.09. The van der Waals surface area contributed by atoms with E-state index in [9.17, 15) is 0 Å². The van der Waals surface area contributed by atoms with Gasteiger partial charge in [-0.05, 0) is 25.0 Å². The minimum absolute atomic E-state index is 0.832. The van der Waals surface area contributed by atoms with E-state index in [1.165, 1.54) is 18.5 Å². The van der Waals surface area contributed by atoms with Crippen molar-refractivity contribution in [3.05, 3.63) is 28.5 Å². The van der Waals surface area contributed by atoms with Gasteiger partial charge in [-0.1, -0.05) is 31.6 Å². The number of H-pyrrole nitrogens is 1. The second kappa shape index (κ2) is 4.29. The number of aromatic amines is 1. The van der Waals surface area contributed by atoms with Crippen LogP contribution in [0.4, 0.5) is 0 Å². The zero-order valence-electron chi connectivity index (χ0n) is 6.76. The van der Waals surface area contributed by atoms with Gasteiger partial charge in [-0.3, -0.25) is 0 Å². The van der Waals surface area contributed by atoms with E-state index in [2.05, 4.69) is 18.0 Å². The van der Waals surface area contributed by atoms with Gasteiger partial charge >= 0.3 is 0 Å². The topological polar surface area (TPSA) is 15.8 Å². The molecule has 1 aromatic heterocycles. The van der Waals surface area contributed by atoms with Crippen LogP contribution in [-0.4, -0.2) is 4.98 Å². The Bertz CT molecular complexity index is 264. The molecule has 0 aliphatic rings. The summed E-state index contributed by atoms with van der Waals surface area (Å²) in [7, 11) is 0. The van der Waals surface area contributed by atoms with Crippen molar-refractivity contribution in [3.63, 3.8) is 0 Å². The molecule has 0 saturated carbocycles. The molecule has 0 aliphatic carbocycles. The molecule has 0 aromatic carbocycles. The smallest absolute Gasteiger partial charge is 0.103 e. The van der Waals surface area contributed by atoms with E-state index in [0.29, 0.717) is 0 Å². The average Bonchev–Trinajstić information content (AvgIpc) is 2.01. The van der Waals surface area contributed by atoms with Crippen molar-refractivity contribution in [3.8, 4) is 0 Å². The maximum absolute atomic E-state index is 4.99. The molecule has 0 amide bonds. The first-order valence-electron chi connectivity index (χ1n) is 4.01. The van der Waals surface area contributed by atoms with Gasteiger partial charge in [0.15, 0.2) is 0 Å². The van der Waals surface area contributed by atoms with Gasteiger partial charge in [-0.2, -0.15) is 0 Å². The lowest BCUT2D eigenvalue weighted by atomic mass is 10.2. The summed E-state index contributed by atoms with van der Waals surface area (Å²) in [5.41, 5.74) is 1.25. The number of hydrogen-bond acceptors (Lipinski definition) is 1. The summed E-state index contributed by atoms with van der Waals surface area (Å²) in [6.45, 7) is 2.19. The quantitative estimate of drug-likeness (QED) is 0.684.